The van der Waals surface area contributed by atoms with Crippen LogP contribution in [0.25, 0.3) is 0 Å². The van der Waals surface area contributed by atoms with E-state index in [1.165, 1.54) is 5.56 Å². The van der Waals surface area contributed by atoms with Crippen molar-refractivity contribution in [3.05, 3.63) is 77.4 Å². The number of rotatable bonds is 7. The van der Waals surface area contributed by atoms with Crippen LogP contribution in [0.2, 0.25) is 0 Å². The zero-order valence-electron chi connectivity index (χ0n) is 14.0. The highest BCUT2D eigenvalue weighted by Crippen LogP contribution is 2.16. The smallest absolute Gasteiger partial charge is 0.333 e. The zero-order valence-corrected chi connectivity index (χ0v) is 14.0. The Kier molecular flexibility index (Phi) is 5.90. The van der Waals surface area contributed by atoms with E-state index < -0.39 is 5.97 Å². The van der Waals surface area contributed by atoms with Crippen LogP contribution >= 0.6 is 0 Å². The third-order valence-electron chi connectivity index (χ3n) is 3.42. The molecule has 2 rings (SSSR count). The molecule has 0 unspecified atom stereocenters. The number of nitrogens with one attached hydrogen (secondary N) is 1. The van der Waals surface area contributed by atoms with E-state index >= 15 is 0 Å². The summed E-state index contributed by atoms with van der Waals surface area (Å²) < 4.78 is 10.5. The number of esters is 1. The first kappa shape index (κ1) is 17.5. The SMILES string of the molecule is C=C(C)C(=O)OCCOc1ccc(C(=N)c2ccc(C)cc2)cc1. The number of hydrogen-bond acceptors (Lipinski definition) is 4. The summed E-state index contributed by atoms with van der Waals surface area (Å²) in [6.07, 6.45) is 0. The van der Waals surface area contributed by atoms with Crippen molar-refractivity contribution >= 4 is 11.7 Å². The minimum atomic E-state index is -0.416. The Labute approximate surface area is 142 Å². The highest BCUT2D eigenvalue weighted by Gasteiger charge is 2.06. The van der Waals surface area contributed by atoms with Crippen LogP contribution in [-0.2, 0) is 9.53 Å². The van der Waals surface area contributed by atoms with E-state index in [4.69, 9.17) is 14.9 Å². The van der Waals surface area contributed by atoms with Gasteiger partial charge in [0, 0.05) is 16.7 Å². The van der Waals surface area contributed by atoms with Crippen LogP contribution in [0.5, 0.6) is 5.75 Å². The predicted octanol–water partition coefficient (Wildman–Crippen LogP) is 3.91. The predicted molar refractivity (Wildman–Crippen MR) is 94.8 cm³/mol. The van der Waals surface area contributed by atoms with Gasteiger partial charge in [-0.25, -0.2) is 4.79 Å². The minimum Gasteiger partial charge on any atom is -0.490 e. The van der Waals surface area contributed by atoms with Crippen molar-refractivity contribution in [3.8, 4) is 5.75 Å². The van der Waals surface area contributed by atoms with Gasteiger partial charge >= 0.3 is 5.97 Å². The summed E-state index contributed by atoms with van der Waals surface area (Å²) in [6.45, 7) is 7.58. The lowest BCUT2D eigenvalue weighted by atomic mass is 10.0. The molecule has 0 amide bonds. The molecule has 4 nitrogen and oxygen atoms in total. The van der Waals surface area contributed by atoms with Crippen LogP contribution in [0.1, 0.15) is 23.6 Å². The Bertz CT molecular complexity index is 730. The van der Waals surface area contributed by atoms with Crippen molar-refractivity contribution < 1.29 is 14.3 Å². The lowest BCUT2D eigenvalue weighted by Crippen LogP contribution is -2.12. The normalized spacial score (nSPS) is 10.1. The van der Waals surface area contributed by atoms with Gasteiger partial charge in [0.25, 0.3) is 0 Å². The zero-order chi connectivity index (χ0) is 17.5. The van der Waals surface area contributed by atoms with E-state index in [0.717, 1.165) is 11.1 Å². The van der Waals surface area contributed by atoms with Gasteiger partial charge in [0.1, 0.15) is 19.0 Å². The Morgan fingerprint density at radius 2 is 1.54 bits per heavy atom. The van der Waals surface area contributed by atoms with Gasteiger partial charge < -0.3 is 9.47 Å². The summed E-state index contributed by atoms with van der Waals surface area (Å²) in [4.78, 5) is 11.2. The van der Waals surface area contributed by atoms with Crippen molar-refractivity contribution in [2.45, 2.75) is 13.8 Å². The van der Waals surface area contributed by atoms with Crippen molar-refractivity contribution in [2.75, 3.05) is 13.2 Å². The first-order valence-electron chi connectivity index (χ1n) is 7.69. The lowest BCUT2D eigenvalue weighted by molar-refractivity contribution is -0.139. The lowest BCUT2D eigenvalue weighted by Gasteiger charge is -2.09. The molecule has 0 radical (unpaired) electrons. The van der Waals surface area contributed by atoms with E-state index in [1.807, 2.05) is 43.3 Å². The second-order valence-corrected chi connectivity index (χ2v) is 5.53. The largest absolute Gasteiger partial charge is 0.490 e. The fraction of sp³-hybridized carbons (Fsp3) is 0.200. The maximum absolute atomic E-state index is 11.2. The highest BCUT2D eigenvalue weighted by atomic mass is 16.6. The number of benzene rings is 2. The fourth-order valence-electron chi connectivity index (χ4n) is 2.02. The topological polar surface area (TPSA) is 59.4 Å². The molecular weight excluding hydrogens is 302 g/mol. The average Bonchev–Trinajstić information content (AvgIpc) is 2.59. The number of ether oxygens (including phenoxy) is 2. The highest BCUT2D eigenvalue weighted by molar-refractivity contribution is 6.10. The molecular formula is C20H21NO3. The molecule has 0 saturated carbocycles. The summed E-state index contributed by atoms with van der Waals surface area (Å²) in [7, 11) is 0. The molecule has 0 aliphatic carbocycles. The van der Waals surface area contributed by atoms with Gasteiger partial charge in [0.2, 0.25) is 0 Å². The van der Waals surface area contributed by atoms with Gasteiger partial charge in [0.15, 0.2) is 0 Å². The number of hydrogen-bond donors (Lipinski definition) is 1. The van der Waals surface area contributed by atoms with Crippen LogP contribution in [0.4, 0.5) is 0 Å². The van der Waals surface area contributed by atoms with Gasteiger partial charge in [-0.15, -0.1) is 0 Å². The Balaban J connectivity index is 1.88. The van der Waals surface area contributed by atoms with Crippen LogP contribution in [-0.4, -0.2) is 24.9 Å². The first-order chi connectivity index (χ1) is 11.5. The molecule has 0 bridgehead atoms. The van der Waals surface area contributed by atoms with E-state index in [9.17, 15) is 4.79 Å². The van der Waals surface area contributed by atoms with Gasteiger partial charge in [-0.2, -0.15) is 0 Å². The van der Waals surface area contributed by atoms with Crippen molar-refractivity contribution in [2.24, 2.45) is 0 Å². The maximum atomic E-state index is 11.2. The number of aryl methyl sites for hydroxylation is 1. The van der Waals surface area contributed by atoms with Crippen molar-refractivity contribution in [1.82, 2.24) is 0 Å². The summed E-state index contributed by atoms with van der Waals surface area (Å²) in [5, 5.41) is 8.26. The molecule has 4 heteroatoms. The third kappa shape index (κ3) is 4.81. The van der Waals surface area contributed by atoms with E-state index in [1.54, 1.807) is 19.1 Å². The van der Waals surface area contributed by atoms with Crippen molar-refractivity contribution in [1.29, 1.82) is 5.41 Å². The second-order valence-electron chi connectivity index (χ2n) is 5.53. The molecule has 0 spiro atoms. The van der Waals surface area contributed by atoms with Gasteiger partial charge in [0.05, 0.1) is 5.71 Å². The molecule has 0 aliphatic rings. The van der Waals surface area contributed by atoms with Crippen LogP contribution < -0.4 is 4.74 Å². The van der Waals surface area contributed by atoms with Crippen LogP contribution in [0.3, 0.4) is 0 Å². The number of carbonyl (C=O) groups excluding carboxylic acids is 1. The van der Waals surface area contributed by atoms with Crippen molar-refractivity contribution in [3.63, 3.8) is 0 Å². The average molecular weight is 323 g/mol. The van der Waals surface area contributed by atoms with Crippen LogP contribution in [0.15, 0.2) is 60.7 Å². The molecule has 0 aliphatic heterocycles. The van der Waals surface area contributed by atoms with E-state index in [0.29, 0.717) is 17.0 Å². The molecule has 1 N–H and O–H groups in total. The Hall–Kier alpha value is -2.88. The monoisotopic (exact) mass is 323 g/mol. The quantitative estimate of drug-likeness (QED) is 0.364. The molecule has 0 aromatic heterocycles. The van der Waals surface area contributed by atoms with E-state index in [2.05, 4.69) is 6.58 Å². The standard InChI is InChI=1S/C20H21NO3/c1-14(2)20(22)24-13-12-23-18-10-8-17(9-11-18)19(21)16-6-4-15(3)5-7-16/h4-11,21H,1,12-13H2,2-3H3. The van der Waals surface area contributed by atoms with E-state index in [-0.39, 0.29) is 13.2 Å². The third-order valence-corrected chi connectivity index (χ3v) is 3.42. The molecule has 0 atom stereocenters. The summed E-state index contributed by atoms with van der Waals surface area (Å²) >= 11 is 0. The minimum absolute atomic E-state index is 0.173. The molecule has 2 aromatic rings. The fourth-order valence-corrected chi connectivity index (χ4v) is 2.02. The van der Waals surface area contributed by atoms with Crippen LogP contribution in [0, 0.1) is 12.3 Å². The van der Waals surface area contributed by atoms with Gasteiger partial charge in [-0.3, -0.25) is 5.41 Å². The number of carbonyl (C=O) groups is 1. The Morgan fingerprint density at radius 3 is 2.08 bits per heavy atom. The summed E-state index contributed by atoms with van der Waals surface area (Å²) in [6, 6.07) is 15.2. The summed E-state index contributed by atoms with van der Waals surface area (Å²) in [5.74, 6) is 0.252. The molecule has 0 saturated heterocycles. The Morgan fingerprint density at radius 1 is 1.00 bits per heavy atom. The van der Waals surface area contributed by atoms with Gasteiger partial charge in [-0.1, -0.05) is 36.4 Å². The molecule has 0 heterocycles. The van der Waals surface area contributed by atoms with Gasteiger partial charge in [-0.05, 0) is 38.1 Å². The molecule has 124 valence electrons. The molecule has 2 aromatic carbocycles. The summed E-state index contributed by atoms with van der Waals surface area (Å²) in [5.41, 5.74) is 3.70. The second kappa shape index (κ2) is 8.11. The maximum Gasteiger partial charge on any atom is 0.333 e. The molecule has 24 heavy (non-hydrogen) atoms. The molecule has 0 fully saturated rings. The first-order valence-corrected chi connectivity index (χ1v) is 7.69.